The van der Waals surface area contributed by atoms with E-state index in [0.29, 0.717) is 6.54 Å². The zero-order chi connectivity index (χ0) is 17.8. The Labute approximate surface area is 165 Å². The first-order valence-electron chi connectivity index (χ1n) is 8.54. The molecular formula is C19H19BrN4OS. The Balaban J connectivity index is 1.49. The second-order valence-electron chi connectivity index (χ2n) is 6.02. The van der Waals surface area contributed by atoms with Gasteiger partial charge in [-0.2, -0.15) is 9.36 Å². The van der Waals surface area contributed by atoms with Crippen LogP contribution in [-0.2, 0) is 11.3 Å². The lowest BCUT2D eigenvalue weighted by Gasteiger charge is -2.30. The third-order valence-electron chi connectivity index (χ3n) is 4.29. The molecule has 7 heteroatoms. The standard InChI is InChI=1S/C19H19BrN4OS/c20-16-7-6-15(17(12-16)24-8-10-25-11-9-24)13-21-19-22-18(23-26-19)14-4-2-1-3-5-14/h1-7,12H,8-11,13H2,(H,21,22,23). The van der Waals surface area contributed by atoms with Gasteiger partial charge in [-0.15, -0.1) is 0 Å². The van der Waals surface area contributed by atoms with Crippen molar-refractivity contribution in [2.75, 3.05) is 36.5 Å². The van der Waals surface area contributed by atoms with Crippen molar-refractivity contribution < 1.29 is 4.74 Å². The van der Waals surface area contributed by atoms with Crippen LogP contribution < -0.4 is 10.2 Å². The Hall–Kier alpha value is -1.96. The minimum atomic E-state index is 0.712. The minimum absolute atomic E-state index is 0.712. The molecule has 1 aromatic heterocycles. The van der Waals surface area contributed by atoms with Crippen molar-refractivity contribution in [1.29, 1.82) is 0 Å². The molecule has 26 heavy (non-hydrogen) atoms. The van der Waals surface area contributed by atoms with Gasteiger partial charge in [0.25, 0.3) is 0 Å². The number of ether oxygens (including phenoxy) is 1. The predicted molar refractivity (Wildman–Crippen MR) is 110 cm³/mol. The Morgan fingerprint density at radius 1 is 1.12 bits per heavy atom. The molecule has 0 aliphatic carbocycles. The zero-order valence-electron chi connectivity index (χ0n) is 14.2. The molecule has 0 atom stereocenters. The lowest BCUT2D eigenvalue weighted by Crippen LogP contribution is -2.36. The fraction of sp³-hybridized carbons (Fsp3) is 0.263. The smallest absolute Gasteiger partial charge is 0.203 e. The molecule has 5 nitrogen and oxygen atoms in total. The molecule has 3 aromatic rings. The molecule has 2 aromatic carbocycles. The highest BCUT2D eigenvalue weighted by atomic mass is 79.9. The van der Waals surface area contributed by atoms with Crippen molar-refractivity contribution in [2.24, 2.45) is 0 Å². The van der Waals surface area contributed by atoms with Gasteiger partial charge in [0.1, 0.15) is 0 Å². The van der Waals surface area contributed by atoms with E-state index in [2.05, 4.69) is 53.7 Å². The lowest BCUT2D eigenvalue weighted by atomic mass is 10.1. The molecule has 1 aliphatic rings. The highest BCUT2D eigenvalue weighted by Crippen LogP contribution is 2.28. The number of aromatic nitrogens is 2. The number of hydrogen-bond donors (Lipinski definition) is 1. The first kappa shape index (κ1) is 17.5. The van der Waals surface area contributed by atoms with E-state index in [4.69, 9.17) is 4.74 Å². The number of nitrogens with one attached hydrogen (secondary N) is 1. The van der Waals surface area contributed by atoms with Crippen molar-refractivity contribution in [2.45, 2.75) is 6.54 Å². The van der Waals surface area contributed by atoms with Crippen LogP contribution in [0.3, 0.4) is 0 Å². The second kappa shape index (κ2) is 8.16. The summed E-state index contributed by atoms with van der Waals surface area (Å²) in [6.45, 7) is 4.09. The maximum absolute atomic E-state index is 5.48. The quantitative estimate of drug-likeness (QED) is 0.649. The molecule has 1 saturated heterocycles. The van der Waals surface area contributed by atoms with E-state index in [1.807, 2.05) is 30.3 Å². The highest BCUT2D eigenvalue weighted by molar-refractivity contribution is 9.10. The van der Waals surface area contributed by atoms with Crippen LogP contribution in [0.5, 0.6) is 0 Å². The molecule has 2 heterocycles. The topological polar surface area (TPSA) is 50.3 Å². The Morgan fingerprint density at radius 2 is 1.92 bits per heavy atom. The van der Waals surface area contributed by atoms with E-state index in [9.17, 15) is 0 Å². The van der Waals surface area contributed by atoms with Crippen LogP contribution in [0.15, 0.2) is 53.0 Å². The van der Waals surface area contributed by atoms with Gasteiger partial charge in [0.15, 0.2) is 5.82 Å². The van der Waals surface area contributed by atoms with Gasteiger partial charge in [-0.1, -0.05) is 52.3 Å². The second-order valence-corrected chi connectivity index (χ2v) is 7.68. The van der Waals surface area contributed by atoms with Gasteiger partial charge in [0, 0.05) is 46.9 Å². The zero-order valence-corrected chi connectivity index (χ0v) is 16.6. The van der Waals surface area contributed by atoms with E-state index < -0.39 is 0 Å². The molecule has 0 radical (unpaired) electrons. The van der Waals surface area contributed by atoms with Crippen LogP contribution in [0, 0.1) is 0 Å². The molecule has 1 fully saturated rings. The number of benzene rings is 2. The third-order valence-corrected chi connectivity index (χ3v) is 5.45. The molecule has 0 saturated carbocycles. The van der Waals surface area contributed by atoms with Crippen LogP contribution in [0.25, 0.3) is 11.4 Å². The summed E-state index contributed by atoms with van der Waals surface area (Å²) in [5, 5.41) is 4.25. The lowest BCUT2D eigenvalue weighted by molar-refractivity contribution is 0.122. The van der Waals surface area contributed by atoms with Crippen LogP contribution in [0.2, 0.25) is 0 Å². The first-order chi connectivity index (χ1) is 12.8. The van der Waals surface area contributed by atoms with Gasteiger partial charge in [-0.25, -0.2) is 0 Å². The summed E-state index contributed by atoms with van der Waals surface area (Å²) in [6, 6.07) is 16.5. The SMILES string of the molecule is Brc1ccc(CNc2nc(-c3ccccc3)ns2)c(N2CCOCC2)c1. The average Bonchev–Trinajstić information content (AvgIpc) is 3.17. The van der Waals surface area contributed by atoms with E-state index in [0.717, 1.165) is 47.3 Å². The van der Waals surface area contributed by atoms with E-state index in [1.165, 1.54) is 22.8 Å². The van der Waals surface area contributed by atoms with Crippen LogP contribution in [-0.4, -0.2) is 35.7 Å². The van der Waals surface area contributed by atoms with Gasteiger partial charge < -0.3 is 15.0 Å². The molecule has 0 amide bonds. The molecule has 4 rings (SSSR count). The Morgan fingerprint density at radius 3 is 2.73 bits per heavy atom. The number of halogens is 1. The van der Waals surface area contributed by atoms with Crippen molar-refractivity contribution in [3.8, 4) is 11.4 Å². The summed E-state index contributed by atoms with van der Waals surface area (Å²) in [6.07, 6.45) is 0. The summed E-state index contributed by atoms with van der Waals surface area (Å²) >= 11 is 4.98. The van der Waals surface area contributed by atoms with Gasteiger partial charge in [0.05, 0.1) is 13.2 Å². The largest absolute Gasteiger partial charge is 0.378 e. The van der Waals surface area contributed by atoms with Crippen molar-refractivity contribution in [3.05, 3.63) is 58.6 Å². The van der Waals surface area contributed by atoms with Crippen LogP contribution >= 0.6 is 27.5 Å². The molecule has 1 aliphatic heterocycles. The van der Waals surface area contributed by atoms with Crippen molar-refractivity contribution >= 4 is 38.3 Å². The molecule has 0 bridgehead atoms. The van der Waals surface area contributed by atoms with Crippen LogP contribution in [0.1, 0.15) is 5.56 Å². The molecular weight excluding hydrogens is 412 g/mol. The highest BCUT2D eigenvalue weighted by Gasteiger charge is 2.15. The number of hydrogen-bond acceptors (Lipinski definition) is 6. The van der Waals surface area contributed by atoms with Gasteiger partial charge >= 0.3 is 0 Å². The Kier molecular flexibility index (Phi) is 5.48. The van der Waals surface area contributed by atoms with Crippen LogP contribution in [0.4, 0.5) is 10.8 Å². The number of anilines is 2. The normalized spacial score (nSPS) is 14.4. The van der Waals surface area contributed by atoms with Gasteiger partial charge in [0.2, 0.25) is 5.13 Å². The predicted octanol–water partition coefficient (Wildman–Crippen LogP) is 4.42. The summed E-state index contributed by atoms with van der Waals surface area (Å²) in [4.78, 5) is 6.98. The maximum Gasteiger partial charge on any atom is 0.203 e. The van der Waals surface area contributed by atoms with E-state index in [1.54, 1.807) is 0 Å². The summed E-state index contributed by atoms with van der Waals surface area (Å²) in [5.74, 6) is 0.766. The average molecular weight is 431 g/mol. The fourth-order valence-electron chi connectivity index (χ4n) is 2.96. The van der Waals surface area contributed by atoms with Gasteiger partial charge in [-0.3, -0.25) is 0 Å². The number of morpholine rings is 1. The third kappa shape index (κ3) is 4.06. The van der Waals surface area contributed by atoms with E-state index >= 15 is 0 Å². The maximum atomic E-state index is 5.48. The number of nitrogens with zero attached hydrogens (tertiary/aromatic N) is 3. The minimum Gasteiger partial charge on any atom is -0.378 e. The van der Waals surface area contributed by atoms with Crippen molar-refractivity contribution in [3.63, 3.8) is 0 Å². The van der Waals surface area contributed by atoms with Crippen molar-refractivity contribution in [1.82, 2.24) is 9.36 Å². The first-order valence-corrected chi connectivity index (χ1v) is 10.1. The molecule has 0 unspecified atom stereocenters. The van der Waals surface area contributed by atoms with E-state index in [-0.39, 0.29) is 0 Å². The molecule has 134 valence electrons. The summed E-state index contributed by atoms with van der Waals surface area (Å²) in [7, 11) is 0. The molecule has 0 spiro atoms. The number of rotatable bonds is 5. The summed E-state index contributed by atoms with van der Waals surface area (Å²) in [5.41, 5.74) is 3.52. The summed E-state index contributed by atoms with van der Waals surface area (Å²) < 4.78 is 11.0. The fourth-order valence-corrected chi connectivity index (χ4v) is 3.89. The van der Waals surface area contributed by atoms with Gasteiger partial charge in [-0.05, 0) is 17.7 Å². The Bertz CT molecular complexity index is 865. The monoisotopic (exact) mass is 430 g/mol. The molecule has 1 N–H and O–H groups in total.